The Morgan fingerprint density at radius 3 is 2.02 bits per heavy atom. The Labute approximate surface area is 314 Å². The van der Waals surface area contributed by atoms with E-state index in [2.05, 4.69) is 18.3 Å². The number of amides is 1. The third kappa shape index (κ3) is 18.9. The van der Waals surface area contributed by atoms with E-state index < -0.39 is 30.1 Å². The van der Waals surface area contributed by atoms with Gasteiger partial charge in [-0.2, -0.15) is 0 Å². The van der Waals surface area contributed by atoms with E-state index in [0.717, 1.165) is 32.0 Å². The quantitative estimate of drug-likeness (QED) is 0.0573. The van der Waals surface area contributed by atoms with Crippen LogP contribution in [0.15, 0.2) is 24.3 Å². The number of allylic oxidation sites excluding steroid dienone is 3. The predicted octanol–water partition coefficient (Wildman–Crippen LogP) is 1.74. The lowest BCUT2D eigenvalue weighted by atomic mass is 9.90. The Morgan fingerprint density at radius 1 is 0.811 bits per heavy atom. The number of aliphatic hydroxyl groups excluding tert-OH is 1. The maximum Gasteiger partial charge on any atom is 0.320 e. The van der Waals surface area contributed by atoms with E-state index in [1.807, 2.05) is 23.1 Å². The van der Waals surface area contributed by atoms with Gasteiger partial charge in [0.15, 0.2) is 0 Å². The van der Waals surface area contributed by atoms with E-state index in [1.54, 1.807) is 14.7 Å². The lowest BCUT2D eigenvalue weighted by Crippen LogP contribution is -2.51. The van der Waals surface area contributed by atoms with Gasteiger partial charge in [-0.3, -0.25) is 43.6 Å². The highest BCUT2D eigenvalue weighted by atomic mass is 16.4. The number of unbranched alkanes of at least 4 members (excludes halogenated alkanes) is 4. The number of rotatable bonds is 23. The smallest absolute Gasteiger partial charge is 0.320 e. The van der Waals surface area contributed by atoms with Gasteiger partial charge < -0.3 is 30.5 Å². The van der Waals surface area contributed by atoms with E-state index in [0.29, 0.717) is 71.4 Å². The Morgan fingerprint density at radius 2 is 1.42 bits per heavy atom. The molecule has 2 aliphatic rings. The Hall–Kier alpha value is -3.50. The van der Waals surface area contributed by atoms with Crippen molar-refractivity contribution in [1.29, 1.82) is 0 Å². The fourth-order valence-corrected chi connectivity index (χ4v) is 6.96. The Bertz CT molecular complexity index is 1210. The molecule has 1 aliphatic carbocycles. The molecule has 300 valence electrons. The number of aldehydes is 1. The number of carboxylic acids is 3. The third-order valence-corrected chi connectivity index (χ3v) is 10.0. The molecule has 2 fully saturated rings. The molecule has 1 aliphatic heterocycles. The van der Waals surface area contributed by atoms with Crippen molar-refractivity contribution in [3.63, 3.8) is 0 Å². The molecule has 0 aromatic rings. The van der Waals surface area contributed by atoms with Crippen molar-refractivity contribution in [3.05, 3.63) is 24.3 Å². The lowest BCUT2D eigenvalue weighted by Gasteiger charge is -2.35. The molecule has 1 saturated heterocycles. The maximum atomic E-state index is 12.5. The van der Waals surface area contributed by atoms with Gasteiger partial charge >= 0.3 is 17.9 Å². The monoisotopic (exact) mass is 749 g/mol. The van der Waals surface area contributed by atoms with Gasteiger partial charge in [0.2, 0.25) is 5.91 Å². The summed E-state index contributed by atoms with van der Waals surface area (Å²) in [6, 6.07) is -0.891. The molecule has 15 nitrogen and oxygen atoms in total. The number of hydrogen-bond acceptors (Lipinski definition) is 11. The van der Waals surface area contributed by atoms with Crippen LogP contribution in [0.1, 0.15) is 77.6 Å². The van der Waals surface area contributed by atoms with Gasteiger partial charge in [0, 0.05) is 83.6 Å². The summed E-state index contributed by atoms with van der Waals surface area (Å²) in [6.07, 6.45) is 15.5. The zero-order valence-electron chi connectivity index (χ0n) is 31.5. The zero-order chi connectivity index (χ0) is 39.0. The van der Waals surface area contributed by atoms with Gasteiger partial charge in [0.1, 0.15) is 18.1 Å². The average Bonchev–Trinajstić information content (AvgIpc) is 3.36. The first-order valence-electron chi connectivity index (χ1n) is 19.2. The molecule has 1 saturated carbocycles. The van der Waals surface area contributed by atoms with Crippen LogP contribution in [0.4, 0.5) is 0 Å². The number of carboxylic acid groups (broad SMARTS) is 3. The van der Waals surface area contributed by atoms with E-state index in [4.69, 9.17) is 0 Å². The van der Waals surface area contributed by atoms with Crippen molar-refractivity contribution < 1.29 is 49.2 Å². The zero-order valence-corrected chi connectivity index (χ0v) is 31.5. The largest absolute Gasteiger partial charge is 0.480 e. The summed E-state index contributed by atoms with van der Waals surface area (Å²) in [6.45, 7) is 4.57. The van der Waals surface area contributed by atoms with Crippen molar-refractivity contribution in [3.8, 4) is 0 Å². The molecular weight excluding hydrogens is 686 g/mol. The summed E-state index contributed by atoms with van der Waals surface area (Å²) in [5, 5.41) is 42.2. The first-order valence-corrected chi connectivity index (χ1v) is 19.2. The molecule has 15 heteroatoms. The average molecular weight is 750 g/mol. The van der Waals surface area contributed by atoms with Crippen LogP contribution in [0.25, 0.3) is 0 Å². The van der Waals surface area contributed by atoms with E-state index in [-0.39, 0.29) is 75.6 Å². The van der Waals surface area contributed by atoms with Gasteiger partial charge in [-0.15, -0.1) is 0 Å². The number of hydrogen-bond donors (Lipinski definition) is 5. The number of carbonyl (C=O) groups excluding carboxylic acids is 3. The van der Waals surface area contributed by atoms with Crippen molar-refractivity contribution in [1.82, 2.24) is 24.9 Å². The van der Waals surface area contributed by atoms with Gasteiger partial charge in [0.05, 0.1) is 25.7 Å². The van der Waals surface area contributed by atoms with E-state index in [9.17, 15) is 49.2 Å². The second-order valence-electron chi connectivity index (χ2n) is 14.1. The molecule has 0 spiro atoms. The van der Waals surface area contributed by atoms with Crippen molar-refractivity contribution in [2.45, 2.75) is 89.7 Å². The number of aliphatic carboxylic acids is 3. The molecule has 0 radical (unpaired) electrons. The van der Waals surface area contributed by atoms with Crippen LogP contribution in [0, 0.1) is 11.8 Å². The van der Waals surface area contributed by atoms with Crippen LogP contribution < -0.4 is 5.32 Å². The number of carbonyl (C=O) groups is 6. The van der Waals surface area contributed by atoms with Crippen LogP contribution in [-0.4, -0.2) is 167 Å². The van der Waals surface area contributed by atoms with Crippen molar-refractivity contribution >= 4 is 35.9 Å². The van der Waals surface area contributed by atoms with Gasteiger partial charge in [-0.1, -0.05) is 44.1 Å². The molecule has 0 aromatic carbocycles. The molecule has 1 heterocycles. The molecule has 1 amide bonds. The number of aliphatic hydroxyl groups is 1. The first kappa shape index (κ1) is 45.7. The summed E-state index contributed by atoms with van der Waals surface area (Å²) in [5.41, 5.74) is 0. The fraction of sp³-hybridized carbons (Fsp3) is 0.737. The minimum Gasteiger partial charge on any atom is -0.480 e. The van der Waals surface area contributed by atoms with Gasteiger partial charge in [-0.05, 0) is 44.9 Å². The minimum absolute atomic E-state index is 0.0871. The topological polar surface area (TPSA) is 208 Å². The molecule has 0 aromatic heterocycles. The summed E-state index contributed by atoms with van der Waals surface area (Å²) in [4.78, 5) is 78.8. The summed E-state index contributed by atoms with van der Waals surface area (Å²) in [7, 11) is 0. The molecule has 1 unspecified atom stereocenters. The first-order chi connectivity index (χ1) is 25.4. The normalized spacial score (nSPS) is 22.5. The second kappa shape index (κ2) is 26.3. The predicted molar refractivity (Wildman–Crippen MR) is 199 cm³/mol. The minimum atomic E-state index is -1.04. The molecule has 53 heavy (non-hydrogen) atoms. The highest BCUT2D eigenvalue weighted by Gasteiger charge is 2.39. The SMILES string of the molecule is CCCCC/C=C/[C@@H]1[C@H](O)CC(=O)[C@@H]1C/C=C\CCCC(=O)NCCCC(C(=O)O)N1CCN(CC=O)CCN(CC(=O)O)CCN(CC(=O)O)CC1. The summed E-state index contributed by atoms with van der Waals surface area (Å²) in [5.74, 6) is -3.50. The number of nitrogens with zero attached hydrogens (tertiary/aromatic N) is 4. The molecule has 4 atom stereocenters. The van der Waals surface area contributed by atoms with E-state index in [1.165, 1.54) is 0 Å². The third-order valence-electron chi connectivity index (χ3n) is 10.0. The van der Waals surface area contributed by atoms with Gasteiger partial charge in [0.25, 0.3) is 0 Å². The Balaban J connectivity index is 1.85. The molecular formula is C38H63N5O10. The molecule has 5 N–H and O–H groups in total. The van der Waals surface area contributed by atoms with Crippen LogP contribution in [0.3, 0.4) is 0 Å². The summed E-state index contributed by atoms with van der Waals surface area (Å²) < 4.78 is 0. The second-order valence-corrected chi connectivity index (χ2v) is 14.1. The fourth-order valence-electron chi connectivity index (χ4n) is 6.96. The van der Waals surface area contributed by atoms with Gasteiger partial charge in [-0.25, -0.2) is 0 Å². The highest BCUT2D eigenvalue weighted by molar-refractivity contribution is 5.84. The molecule has 2 rings (SSSR count). The number of ketones is 1. The van der Waals surface area contributed by atoms with Crippen molar-refractivity contribution in [2.75, 3.05) is 78.5 Å². The maximum absolute atomic E-state index is 12.5. The summed E-state index contributed by atoms with van der Waals surface area (Å²) >= 11 is 0. The number of nitrogens with one attached hydrogen (secondary N) is 1. The Kier molecular flexibility index (Phi) is 22.7. The van der Waals surface area contributed by atoms with Crippen LogP contribution in [0.2, 0.25) is 0 Å². The van der Waals surface area contributed by atoms with Crippen LogP contribution in [0.5, 0.6) is 0 Å². The van der Waals surface area contributed by atoms with E-state index >= 15 is 0 Å². The van der Waals surface area contributed by atoms with Crippen molar-refractivity contribution in [2.24, 2.45) is 11.8 Å². The highest BCUT2D eigenvalue weighted by Crippen LogP contribution is 2.33. The standard InChI is InChI=1S/C38H63N5O10/c1-2-3-4-5-8-12-30-31(34(46)27-33(30)45)13-9-6-7-10-15-35(47)39-16-11-14-32(38(52)53)43-23-21-40(25-26-44)17-18-41(28-36(48)49)19-20-42(22-24-43)29-37(50)51/h6,8-9,12,26,30-33,45H,2-5,7,10-11,13-25,27-29H2,1H3,(H,39,47)(H,48,49)(H,50,51)(H,52,53)/b9-6-,12-8+/t30-,31+,32?,33+/m0/s1. The lowest BCUT2D eigenvalue weighted by molar-refractivity contribution is -0.144. The molecule has 0 bridgehead atoms. The van der Waals surface area contributed by atoms with Crippen LogP contribution >= 0.6 is 0 Å². The number of Topliss-reactive ketones (excluding diaryl/α,β-unsaturated/α-hetero) is 1. The van der Waals surface area contributed by atoms with Crippen LogP contribution in [-0.2, 0) is 28.8 Å².